The molecule has 2 aliphatic rings. The van der Waals surface area contributed by atoms with Gasteiger partial charge < -0.3 is 5.11 Å². The monoisotopic (exact) mass is 318 g/mol. The third-order valence-electron chi connectivity index (χ3n) is 4.70. The largest absolute Gasteiger partial charge is 0.481 e. The average Bonchev–Trinajstić information content (AvgIpc) is 2.48. The molecule has 2 fully saturated rings. The molecule has 0 unspecified atom stereocenters. The normalized spacial score (nSPS) is 23.2. The summed E-state index contributed by atoms with van der Waals surface area (Å²) >= 11 is 0. The summed E-state index contributed by atoms with van der Waals surface area (Å²) in [7, 11) is -3.44. The predicted octanol–water partition coefficient (Wildman–Crippen LogP) is 1.59. The molecule has 2 rings (SSSR count). The van der Waals surface area contributed by atoms with Crippen molar-refractivity contribution in [2.75, 3.05) is 19.6 Å². The Kier molecular flexibility index (Phi) is 6.01. The van der Waals surface area contributed by atoms with Crippen molar-refractivity contribution in [2.45, 2.75) is 51.4 Å². The van der Waals surface area contributed by atoms with Crippen LogP contribution in [-0.4, -0.2) is 43.4 Å². The minimum absolute atomic E-state index is 0.301. The second-order valence-corrected chi connectivity index (χ2v) is 7.96. The summed E-state index contributed by atoms with van der Waals surface area (Å²) in [6, 6.07) is 0. The third kappa shape index (κ3) is 4.93. The smallest absolute Gasteiger partial charge is 0.306 e. The summed E-state index contributed by atoms with van der Waals surface area (Å²) in [6.45, 7) is 1.09. The van der Waals surface area contributed by atoms with Crippen molar-refractivity contribution in [2.24, 2.45) is 11.8 Å². The van der Waals surface area contributed by atoms with E-state index in [-0.39, 0.29) is 0 Å². The second-order valence-electron chi connectivity index (χ2n) is 6.20. The highest BCUT2D eigenvalue weighted by atomic mass is 32.2. The number of hydrogen-bond acceptors (Lipinski definition) is 3. The summed E-state index contributed by atoms with van der Waals surface area (Å²) in [5.41, 5.74) is 0. The molecule has 0 aromatic carbocycles. The van der Waals surface area contributed by atoms with Gasteiger partial charge in [0, 0.05) is 19.6 Å². The van der Waals surface area contributed by atoms with Crippen LogP contribution in [0, 0.1) is 11.8 Å². The minimum Gasteiger partial charge on any atom is -0.481 e. The van der Waals surface area contributed by atoms with Crippen LogP contribution < -0.4 is 4.72 Å². The molecule has 0 aromatic rings. The van der Waals surface area contributed by atoms with Crippen molar-refractivity contribution in [1.82, 2.24) is 9.03 Å². The molecule has 1 aliphatic carbocycles. The fourth-order valence-corrected chi connectivity index (χ4v) is 4.55. The van der Waals surface area contributed by atoms with Crippen molar-refractivity contribution in [1.29, 1.82) is 0 Å². The maximum Gasteiger partial charge on any atom is 0.306 e. The first-order valence-electron chi connectivity index (χ1n) is 7.96. The van der Waals surface area contributed by atoms with Crippen molar-refractivity contribution in [3.05, 3.63) is 0 Å². The molecule has 1 aliphatic heterocycles. The molecule has 6 nitrogen and oxygen atoms in total. The Labute approximate surface area is 127 Å². The van der Waals surface area contributed by atoms with Crippen LogP contribution in [0.4, 0.5) is 0 Å². The molecule has 21 heavy (non-hydrogen) atoms. The Morgan fingerprint density at radius 3 is 2.29 bits per heavy atom. The molecule has 0 spiro atoms. The number of aliphatic carboxylic acids is 1. The standard InChI is InChI=1S/C14H26N2O4S/c17-14(18)13-7-10-16(11-8-13)21(19,20)15-9-6-12-4-2-1-3-5-12/h12-13,15H,1-11H2,(H,17,18). The van der Waals surface area contributed by atoms with Gasteiger partial charge in [0.15, 0.2) is 0 Å². The molecule has 1 saturated carbocycles. The van der Waals surface area contributed by atoms with E-state index in [2.05, 4.69) is 4.72 Å². The first-order valence-corrected chi connectivity index (χ1v) is 9.40. The molecule has 0 radical (unpaired) electrons. The van der Waals surface area contributed by atoms with Gasteiger partial charge in [0.05, 0.1) is 5.92 Å². The van der Waals surface area contributed by atoms with Crippen molar-refractivity contribution in [3.63, 3.8) is 0 Å². The number of hydrogen-bond donors (Lipinski definition) is 2. The highest BCUT2D eigenvalue weighted by Gasteiger charge is 2.30. The lowest BCUT2D eigenvalue weighted by Crippen LogP contribution is -2.46. The van der Waals surface area contributed by atoms with E-state index in [1.54, 1.807) is 0 Å². The lowest BCUT2D eigenvalue weighted by atomic mass is 9.87. The van der Waals surface area contributed by atoms with Gasteiger partial charge in [0.1, 0.15) is 0 Å². The van der Waals surface area contributed by atoms with Gasteiger partial charge in [-0.3, -0.25) is 4.79 Å². The molecular weight excluding hydrogens is 292 g/mol. The summed E-state index contributed by atoms with van der Waals surface area (Å²) in [6.07, 6.45) is 7.97. The van der Waals surface area contributed by atoms with Crippen LogP contribution in [0.2, 0.25) is 0 Å². The Bertz CT molecular complexity index is 438. The molecule has 0 aromatic heterocycles. The third-order valence-corrected chi connectivity index (χ3v) is 6.32. The van der Waals surface area contributed by atoms with E-state index in [0.717, 1.165) is 6.42 Å². The Balaban J connectivity index is 1.73. The zero-order valence-corrected chi connectivity index (χ0v) is 13.3. The van der Waals surface area contributed by atoms with Crippen LogP contribution >= 0.6 is 0 Å². The van der Waals surface area contributed by atoms with Gasteiger partial charge in [-0.15, -0.1) is 0 Å². The molecule has 122 valence electrons. The fraction of sp³-hybridized carbons (Fsp3) is 0.929. The SMILES string of the molecule is O=C(O)C1CCN(S(=O)(=O)NCCC2CCCCC2)CC1. The van der Waals surface area contributed by atoms with Crippen LogP contribution in [0.3, 0.4) is 0 Å². The Morgan fingerprint density at radius 1 is 1.10 bits per heavy atom. The van der Waals surface area contributed by atoms with Gasteiger partial charge in [-0.2, -0.15) is 12.7 Å². The summed E-state index contributed by atoms with van der Waals surface area (Å²) in [4.78, 5) is 10.9. The van der Waals surface area contributed by atoms with Crippen LogP contribution in [0.15, 0.2) is 0 Å². The van der Waals surface area contributed by atoms with Crippen molar-refractivity contribution in [3.8, 4) is 0 Å². The zero-order valence-electron chi connectivity index (χ0n) is 12.5. The van der Waals surface area contributed by atoms with E-state index in [4.69, 9.17) is 5.11 Å². The van der Waals surface area contributed by atoms with E-state index in [1.807, 2.05) is 0 Å². The molecule has 1 heterocycles. The molecule has 0 bridgehead atoms. The number of nitrogens with zero attached hydrogens (tertiary/aromatic N) is 1. The highest BCUT2D eigenvalue weighted by Crippen LogP contribution is 2.26. The Hall–Kier alpha value is -0.660. The number of piperidine rings is 1. The van der Waals surface area contributed by atoms with Gasteiger partial charge in [-0.1, -0.05) is 32.1 Å². The quantitative estimate of drug-likeness (QED) is 0.778. The number of carboxylic acid groups (broad SMARTS) is 1. The van der Waals surface area contributed by atoms with E-state index in [9.17, 15) is 13.2 Å². The van der Waals surface area contributed by atoms with Crippen molar-refractivity contribution >= 4 is 16.2 Å². The molecular formula is C14H26N2O4S. The van der Waals surface area contributed by atoms with Gasteiger partial charge in [0.25, 0.3) is 10.2 Å². The van der Waals surface area contributed by atoms with Gasteiger partial charge in [-0.25, -0.2) is 4.72 Å². The summed E-state index contributed by atoms with van der Waals surface area (Å²) in [5, 5.41) is 8.93. The number of rotatable bonds is 6. The molecule has 2 N–H and O–H groups in total. The number of carboxylic acids is 1. The zero-order chi connectivity index (χ0) is 15.3. The maximum absolute atomic E-state index is 12.2. The molecule has 0 amide bonds. The average molecular weight is 318 g/mol. The molecule has 1 saturated heterocycles. The van der Waals surface area contributed by atoms with Crippen LogP contribution in [-0.2, 0) is 15.0 Å². The first-order chi connectivity index (χ1) is 9.99. The minimum atomic E-state index is -3.44. The van der Waals surface area contributed by atoms with Crippen LogP contribution in [0.5, 0.6) is 0 Å². The van der Waals surface area contributed by atoms with E-state index >= 15 is 0 Å². The highest BCUT2D eigenvalue weighted by molar-refractivity contribution is 7.87. The lowest BCUT2D eigenvalue weighted by molar-refractivity contribution is -0.142. The number of nitrogens with one attached hydrogen (secondary N) is 1. The number of carbonyl (C=O) groups is 1. The van der Waals surface area contributed by atoms with E-state index in [0.29, 0.717) is 38.4 Å². The van der Waals surface area contributed by atoms with Gasteiger partial charge >= 0.3 is 5.97 Å². The maximum atomic E-state index is 12.2. The topological polar surface area (TPSA) is 86.7 Å². The van der Waals surface area contributed by atoms with E-state index < -0.39 is 22.1 Å². The lowest BCUT2D eigenvalue weighted by Gasteiger charge is -2.29. The van der Waals surface area contributed by atoms with Crippen LogP contribution in [0.25, 0.3) is 0 Å². The van der Waals surface area contributed by atoms with Gasteiger partial charge in [0.2, 0.25) is 0 Å². The fourth-order valence-electron chi connectivity index (χ4n) is 3.30. The van der Waals surface area contributed by atoms with E-state index in [1.165, 1.54) is 36.4 Å². The summed E-state index contributed by atoms with van der Waals surface area (Å²) in [5.74, 6) is -0.574. The first kappa shape index (κ1) is 16.7. The Morgan fingerprint density at radius 2 is 1.71 bits per heavy atom. The summed E-state index contributed by atoms with van der Waals surface area (Å²) < 4.78 is 28.4. The van der Waals surface area contributed by atoms with Crippen LogP contribution in [0.1, 0.15) is 51.4 Å². The van der Waals surface area contributed by atoms with Crippen molar-refractivity contribution < 1.29 is 18.3 Å². The van der Waals surface area contributed by atoms with Gasteiger partial charge in [-0.05, 0) is 25.2 Å². The predicted molar refractivity (Wildman–Crippen MR) is 80.0 cm³/mol. The molecule has 0 atom stereocenters. The second kappa shape index (κ2) is 7.56. The molecule has 7 heteroatoms.